The number of carbonyl (C=O) groups is 2. The average Bonchev–Trinajstić information content (AvgIpc) is 3.46. The van der Waals surface area contributed by atoms with E-state index in [9.17, 15) is 19.2 Å². The van der Waals surface area contributed by atoms with Crippen LogP contribution in [0.3, 0.4) is 0 Å². The van der Waals surface area contributed by atoms with Crippen LogP contribution in [0.5, 0.6) is 0 Å². The lowest BCUT2D eigenvalue weighted by Crippen LogP contribution is -2.41. The molecule has 5 aromatic rings. The molecule has 0 radical (unpaired) electrons. The second kappa shape index (κ2) is 10.7. The van der Waals surface area contributed by atoms with E-state index in [-0.39, 0.29) is 29.6 Å². The molecule has 2 aromatic heterocycles. The Morgan fingerprint density at radius 3 is 2.38 bits per heavy atom. The van der Waals surface area contributed by atoms with Crippen LogP contribution in [0.2, 0.25) is 0 Å². The van der Waals surface area contributed by atoms with Crippen molar-refractivity contribution in [1.82, 2.24) is 14.5 Å². The number of hydrogen-bond donors (Lipinski definition) is 2. The topological polar surface area (TPSA) is 115 Å². The maximum atomic E-state index is 13.7. The fourth-order valence-corrected chi connectivity index (χ4v) is 4.31. The lowest BCUT2D eigenvalue weighted by Gasteiger charge is -2.15. The highest BCUT2D eigenvalue weighted by molar-refractivity contribution is 5.98. The molecule has 3 aromatic carbocycles. The van der Waals surface area contributed by atoms with Gasteiger partial charge in [-0.15, -0.1) is 0 Å². The van der Waals surface area contributed by atoms with Crippen molar-refractivity contribution in [3.8, 4) is 5.69 Å². The number of furan rings is 1. The van der Waals surface area contributed by atoms with Crippen molar-refractivity contribution in [1.29, 1.82) is 0 Å². The predicted octanol–water partition coefficient (Wildman–Crippen LogP) is 3.93. The van der Waals surface area contributed by atoms with Gasteiger partial charge < -0.3 is 15.1 Å². The molecule has 0 aliphatic carbocycles. The molecule has 2 amide bonds. The third-order valence-electron chi connectivity index (χ3n) is 6.52. The van der Waals surface area contributed by atoms with Crippen LogP contribution in [0, 0.1) is 13.8 Å². The third kappa shape index (κ3) is 5.28. The second-order valence-corrected chi connectivity index (χ2v) is 9.19. The predicted molar refractivity (Wildman–Crippen MR) is 148 cm³/mol. The lowest BCUT2D eigenvalue weighted by atomic mass is 10.1. The molecule has 0 aliphatic rings. The number of fused-ring (bicyclic) bond motifs is 1. The molecule has 0 fully saturated rings. The molecule has 5 rings (SSSR count). The molecule has 0 spiro atoms. The van der Waals surface area contributed by atoms with Gasteiger partial charge in [0.05, 0.1) is 29.4 Å². The monoisotopic (exact) mass is 522 g/mol. The van der Waals surface area contributed by atoms with E-state index >= 15 is 0 Å². The molecule has 2 N–H and O–H groups in total. The van der Waals surface area contributed by atoms with Crippen molar-refractivity contribution in [2.45, 2.75) is 26.9 Å². The molecule has 9 heteroatoms. The summed E-state index contributed by atoms with van der Waals surface area (Å²) in [6.45, 7) is 3.72. The van der Waals surface area contributed by atoms with Gasteiger partial charge in [-0.1, -0.05) is 24.3 Å². The van der Waals surface area contributed by atoms with Crippen molar-refractivity contribution in [3.63, 3.8) is 0 Å². The molecule has 0 aliphatic heterocycles. The van der Waals surface area contributed by atoms with E-state index in [2.05, 4.69) is 10.6 Å². The Hall–Kier alpha value is -5.18. The summed E-state index contributed by atoms with van der Waals surface area (Å²) in [5, 5.41) is 5.77. The lowest BCUT2D eigenvalue weighted by molar-refractivity contribution is -0.116. The summed E-state index contributed by atoms with van der Waals surface area (Å²) in [6.07, 6.45) is 1.51. The van der Waals surface area contributed by atoms with Crippen LogP contribution in [0.4, 0.5) is 5.69 Å². The van der Waals surface area contributed by atoms with Crippen LogP contribution in [0.1, 0.15) is 27.2 Å². The van der Waals surface area contributed by atoms with Crippen LogP contribution in [-0.4, -0.2) is 20.9 Å². The number of aryl methyl sites for hydroxylation is 2. The summed E-state index contributed by atoms with van der Waals surface area (Å²) in [5.74, 6) is -0.290. The number of anilines is 1. The van der Waals surface area contributed by atoms with Gasteiger partial charge in [-0.05, 0) is 79.6 Å². The van der Waals surface area contributed by atoms with E-state index in [0.29, 0.717) is 17.1 Å². The molecule has 0 bridgehead atoms. The van der Waals surface area contributed by atoms with E-state index in [1.807, 2.05) is 26.0 Å². The zero-order chi connectivity index (χ0) is 27.5. The summed E-state index contributed by atoms with van der Waals surface area (Å²) < 4.78 is 7.50. The number of para-hydroxylation sites is 1. The highest BCUT2D eigenvalue weighted by Gasteiger charge is 2.19. The van der Waals surface area contributed by atoms with Gasteiger partial charge >= 0.3 is 5.69 Å². The number of nitrogens with zero attached hydrogens (tertiary/aromatic N) is 2. The largest absolute Gasteiger partial charge is 0.467 e. The first-order chi connectivity index (χ1) is 18.8. The smallest absolute Gasteiger partial charge is 0.336 e. The van der Waals surface area contributed by atoms with Gasteiger partial charge in [-0.2, -0.15) is 0 Å². The van der Waals surface area contributed by atoms with Crippen LogP contribution in [-0.2, 0) is 17.9 Å². The molecule has 0 saturated heterocycles. The summed E-state index contributed by atoms with van der Waals surface area (Å²) in [7, 11) is 0. The zero-order valence-corrected chi connectivity index (χ0v) is 21.4. The minimum absolute atomic E-state index is 0.171. The van der Waals surface area contributed by atoms with Gasteiger partial charge in [0, 0.05) is 11.3 Å². The Labute approximate surface area is 223 Å². The first-order valence-corrected chi connectivity index (χ1v) is 12.3. The van der Waals surface area contributed by atoms with Crippen LogP contribution in [0.15, 0.2) is 99.1 Å². The van der Waals surface area contributed by atoms with E-state index in [4.69, 9.17) is 4.42 Å². The summed E-state index contributed by atoms with van der Waals surface area (Å²) in [6, 6.07) is 21.9. The molecule has 0 atom stereocenters. The van der Waals surface area contributed by atoms with Crippen LogP contribution < -0.4 is 21.9 Å². The minimum atomic E-state index is -0.693. The highest BCUT2D eigenvalue weighted by Crippen LogP contribution is 2.16. The minimum Gasteiger partial charge on any atom is -0.467 e. The third-order valence-corrected chi connectivity index (χ3v) is 6.52. The van der Waals surface area contributed by atoms with Gasteiger partial charge in [0.25, 0.3) is 11.5 Å². The number of nitrogens with one attached hydrogen (secondary N) is 2. The molecular formula is C30H26N4O5. The van der Waals surface area contributed by atoms with E-state index < -0.39 is 23.1 Å². The standard InChI is InChI=1S/C30H26N4O5/c1-19-10-12-22(15-20(19)2)32-27(35)18-33-26-16-21(28(36)31-17-24-9-6-14-39-24)11-13-25(26)29(37)34(30(33)38)23-7-4-3-5-8-23/h3-16H,17-18H2,1-2H3,(H,31,36)(H,32,35). The first-order valence-electron chi connectivity index (χ1n) is 12.3. The summed E-state index contributed by atoms with van der Waals surface area (Å²) >= 11 is 0. The number of hydrogen-bond acceptors (Lipinski definition) is 5. The Balaban J connectivity index is 1.57. The Morgan fingerprint density at radius 2 is 1.67 bits per heavy atom. The van der Waals surface area contributed by atoms with Crippen molar-refractivity contribution >= 4 is 28.4 Å². The molecule has 39 heavy (non-hydrogen) atoms. The van der Waals surface area contributed by atoms with Crippen LogP contribution >= 0.6 is 0 Å². The van der Waals surface area contributed by atoms with Gasteiger partial charge in [0.2, 0.25) is 5.91 Å². The van der Waals surface area contributed by atoms with Crippen molar-refractivity contribution in [2.24, 2.45) is 0 Å². The van der Waals surface area contributed by atoms with Gasteiger partial charge in [-0.25, -0.2) is 9.36 Å². The van der Waals surface area contributed by atoms with Crippen molar-refractivity contribution in [2.75, 3.05) is 5.32 Å². The van der Waals surface area contributed by atoms with Crippen LogP contribution in [0.25, 0.3) is 16.6 Å². The fourth-order valence-electron chi connectivity index (χ4n) is 4.31. The fraction of sp³-hybridized carbons (Fsp3) is 0.133. The first kappa shape index (κ1) is 25.5. The highest BCUT2D eigenvalue weighted by atomic mass is 16.3. The molecule has 0 saturated carbocycles. The Morgan fingerprint density at radius 1 is 0.872 bits per heavy atom. The maximum absolute atomic E-state index is 13.7. The summed E-state index contributed by atoms with van der Waals surface area (Å²) in [4.78, 5) is 53.1. The summed E-state index contributed by atoms with van der Waals surface area (Å²) in [5.41, 5.74) is 2.23. The maximum Gasteiger partial charge on any atom is 0.336 e. The molecule has 0 unspecified atom stereocenters. The quantitative estimate of drug-likeness (QED) is 0.336. The van der Waals surface area contributed by atoms with Gasteiger partial charge in [0.1, 0.15) is 12.3 Å². The normalized spacial score (nSPS) is 10.9. The zero-order valence-electron chi connectivity index (χ0n) is 21.4. The number of benzene rings is 3. The molecule has 9 nitrogen and oxygen atoms in total. The molecule has 196 valence electrons. The van der Waals surface area contributed by atoms with E-state index in [1.165, 1.54) is 29.0 Å². The molecule has 2 heterocycles. The van der Waals surface area contributed by atoms with Gasteiger partial charge in [0.15, 0.2) is 0 Å². The number of amides is 2. The average molecular weight is 523 g/mol. The van der Waals surface area contributed by atoms with E-state index in [1.54, 1.807) is 48.5 Å². The Kier molecular flexibility index (Phi) is 6.96. The molecular weight excluding hydrogens is 496 g/mol. The van der Waals surface area contributed by atoms with Crippen molar-refractivity contribution in [3.05, 3.63) is 128 Å². The second-order valence-electron chi connectivity index (χ2n) is 9.19. The van der Waals surface area contributed by atoms with E-state index in [0.717, 1.165) is 15.7 Å². The number of aromatic nitrogens is 2. The Bertz CT molecular complexity index is 1800. The van der Waals surface area contributed by atoms with Crippen molar-refractivity contribution < 1.29 is 14.0 Å². The SMILES string of the molecule is Cc1ccc(NC(=O)Cn2c(=O)n(-c3ccccc3)c(=O)c3ccc(C(=O)NCc4ccco4)cc32)cc1C. The number of rotatable bonds is 7. The van der Waals surface area contributed by atoms with Gasteiger partial charge in [-0.3, -0.25) is 19.0 Å². The number of carbonyl (C=O) groups excluding carboxylic acids is 2.